The third kappa shape index (κ3) is 2.23. The third-order valence-electron chi connectivity index (χ3n) is 6.69. The van der Waals surface area contributed by atoms with E-state index in [1.54, 1.807) is 0 Å². The fraction of sp³-hybridized carbons (Fsp3) is 0.944. The van der Waals surface area contributed by atoms with Gasteiger partial charge in [0.05, 0.1) is 6.10 Å². The first-order valence-electron chi connectivity index (χ1n) is 8.68. The lowest BCUT2D eigenvalue weighted by Gasteiger charge is -2.52. The molecular formula is C18H31NO2. The summed E-state index contributed by atoms with van der Waals surface area (Å²) in [5.74, 6) is 2.03. The van der Waals surface area contributed by atoms with Crippen molar-refractivity contribution in [1.29, 1.82) is 0 Å². The van der Waals surface area contributed by atoms with Crippen LogP contribution in [-0.4, -0.2) is 24.7 Å². The Morgan fingerprint density at radius 1 is 1.38 bits per heavy atom. The van der Waals surface area contributed by atoms with Crippen molar-refractivity contribution >= 4 is 5.91 Å². The van der Waals surface area contributed by atoms with Crippen LogP contribution in [0.5, 0.6) is 0 Å². The molecule has 5 atom stereocenters. The second kappa shape index (κ2) is 4.97. The van der Waals surface area contributed by atoms with E-state index in [1.165, 1.54) is 12.8 Å². The number of nitrogens with one attached hydrogen (secondary N) is 1. The van der Waals surface area contributed by atoms with Gasteiger partial charge in [0.1, 0.15) is 0 Å². The van der Waals surface area contributed by atoms with Gasteiger partial charge in [-0.1, -0.05) is 27.7 Å². The molecule has 1 N–H and O–H groups in total. The number of amides is 1. The largest absolute Gasteiger partial charge is 0.378 e. The van der Waals surface area contributed by atoms with E-state index < -0.39 is 0 Å². The average molecular weight is 293 g/mol. The molecule has 2 aliphatic carbocycles. The molecule has 3 heteroatoms. The van der Waals surface area contributed by atoms with Crippen molar-refractivity contribution in [3.8, 4) is 0 Å². The highest BCUT2D eigenvalue weighted by molar-refractivity contribution is 5.76. The molecule has 2 saturated carbocycles. The maximum absolute atomic E-state index is 12.4. The Morgan fingerprint density at radius 2 is 2.10 bits per heavy atom. The Morgan fingerprint density at radius 3 is 2.76 bits per heavy atom. The molecule has 3 nitrogen and oxygen atoms in total. The smallest absolute Gasteiger partial charge is 0.220 e. The molecular weight excluding hydrogens is 262 g/mol. The minimum atomic E-state index is 0.222. The van der Waals surface area contributed by atoms with Gasteiger partial charge in [-0.3, -0.25) is 4.79 Å². The summed E-state index contributed by atoms with van der Waals surface area (Å²) in [4.78, 5) is 12.4. The van der Waals surface area contributed by atoms with Crippen LogP contribution in [0, 0.1) is 28.6 Å². The lowest BCUT2D eigenvalue weighted by atomic mass is 9.59. The molecule has 21 heavy (non-hydrogen) atoms. The standard InChI is InChI=1S/C18H31NO2/c1-11(2)8-15(20)19-16-17(4,5)13-9-14-12(3)21-7-6-18(14,16)10-13/h11-14,16H,6-10H2,1-5H3,(H,19,20)/t12-,13-,14-,16+,18-/m1/s1. The summed E-state index contributed by atoms with van der Waals surface area (Å²) < 4.78 is 5.91. The minimum Gasteiger partial charge on any atom is -0.378 e. The molecule has 3 fully saturated rings. The predicted octanol–water partition coefficient (Wildman–Crippen LogP) is 3.38. The fourth-order valence-electron chi connectivity index (χ4n) is 5.67. The lowest BCUT2D eigenvalue weighted by Crippen LogP contribution is -2.60. The summed E-state index contributed by atoms with van der Waals surface area (Å²) in [6.07, 6.45) is 4.68. The van der Waals surface area contributed by atoms with E-state index in [0.29, 0.717) is 35.8 Å². The van der Waals surface area contributed by atoms with Gasteiger partial charge in [-0.15, -0.1) is 0 Å². The van der Waals surface area contributed by atoms with Gasteiger partial charge in [-0.05, 0) is 54.8 Å². The van der Waals surface area contributed by atoms with Crippen LogP contribution in [-0.2, 0) is 9.53 Å². The summed E-state index contributed by atoms with van der Waals surface area (Å²) in [7, 11) is 0. The zero-order valence-electron chi connectivity index (χ0n) is 14.2. The molecule has 3 aliphatic rings. The highest BCUT2D eigenvalue weighted by atomic mass is 16.5. The topological polar surface area (TPSA) is 38.3 Å². The van der Waals surface area contributed by atoms with Gasteiger partial charge in [0, 0.05) is 19.1 Å². The summed E-state index contributed by atoms with van der Waals surface area (Å²) in [5.41, 5.74) is 0.513. The highest BCUT2D eigenvalue weighted by Gasteiger charge is 2.67. The molecule has 0 aromatic carbocycles. The van der Waals surface area contributed by atoms with Gasteiger partial charge >= 0.3 is 0 Å². The summed E-state index contributed by atoms with van der Waals surface area (Å²) in [6.45, 7) is 12.0. The van der Waals surface area contributed by atoms with Crippen molar-refractivity contribution in [2.45, 2.75) is 72.4 Å². The van der Waals surface area contributed by atoms with Crippen molar-refractivity contribution in [1.82, 2.24) is 5.32 Å². The molecule has 1 saturated heterocycles. The van der Waals surface area contributed by atoms with Crippen LogP contribution in [0.1, 0.15) is 60.3 Å². The normalized spacial score (nSPS) is 43.9. The number of carbonyl (C=O) groups is 1. The van der Waals surface area contributed by atoms with Crippen molar-refractivity contribution < 1.29 is 9.53 Å². The third-order valence-corrected chi connectivity index (χ3v) is 6.69. The zero-order chi connectivity index (χ0) is 15.4. The molecule has 1 spiro atoms. The number of hydrogen-bond acceptors (Lipinski definition) is 2. The Kier molecular flexibility index (Phi) is 3.63. The van der Waals surface area contributed by atoms with Crippen LogP contribution in [0.2, 0.25) is 0 Å². The van der Waals surface area contributed by atoms with E-state index in [4.69, 9.17) is 4.74 Å². The molecule has 1 heterocycles. The van der Waals surface area contributed by atoms with E-state index in [-0.39, 0.29) is 11.3 Å². The van der Waals surface area contributed by atoms with Crippen molar-refractivity contribution in [3.63, 3.8) is 0 Å². The first-order chi connectivity index (χ1) is 9.77. The minimum absolute atomic E-state index is 0.222. The lowest BCUT2D eigenvalue weighted by molar-refractivity contribution is -0.134. The van der Waals surface area contributed by atoms with E-state index >= 15 is 0 Å². The van der Waals surface area contributed by atoms with Gasteiger partial charge in [0.15, 0.2) is 0 Å². The van der Waals surface area contributed by atoms with E-state index in [0.717, 1.165) is 18.9 Å². The second-order valence-corrected chi connectivity index (χ2v) is 8.72. The number of carbonyl (C=O) groups excluding carboxylic acids is 1. The van der Waals surface area contributed by atoms with Crippen molar-refractivity contribution in [2.75, 3.05) is 6.61 Å². The Hall–Kier alpha value is -0.570. The van der Waals surface area contributed by atoms with Crippen LogP contribution >= 0.6 is 0 Å². The Bertz CT molecular complexity index is 431. The molecule has 0 aromatic heterocycles. The summed E-state index contributed by atoms with van der Waals surface area (Å²) in [6, 6.07) is 0.325. The average Bonchev–Trinajstić information content (AvgIpc) is 2.84. The molecule has 1 amide bonds. The molecule has 0 radical (unpaired) electrons. The molecule has 120 valence electrons. The van der Waals surface area contributed by atoms with Crippen LogP contribution in [0.3, 0.4) is 0 Å². The van der Waals surface area contributed by atoms with Gasteiger partial charge in [0.25, 0.3) is 0 Å². The number of rotatable bonds is 3. The molecule has 1 aliphatic heterocycles. The van der Waals surface area contributed by atoms with Crippen LogP contribution < -0.4 is 5.32 Å². The quantitative estimate of drug-likeness (QED) is 0.866. The monoisotopic (exact) mass is 293 g/mol. The van der Waals surface area contributed by atoms with Gasteiger partial charge < -0.3 is 10.1 Å². The van der Waals surface area contributed by atoms with Gasteiger partial charge in [0.2, 0.25) is 5.91 Å². The summed E-state index contributed by atoms with van der Waals surface area (Å²) >= 11 is 0. The maximum Gasteiger partial charge on any atom is 0.220 e. The maximum atomic E-state index is 12.4. The number of ether oxygens (including phenoxy) is 1. The van der Waals surface area contributed by atoms with Gasteiger partial charge in [-0.2, -0.15) is 0 Å². The van der Waals surface area contributed by atoms with Crippen molar-refractivity contribution in [3.05, 3.63) is 0 Å². The first-order valence-corrected chi connectivity index (χ1v) is 8.68. The van der Waals surface area contributed by atoms with Gasteiger partial charge in [-0.25, -0.2) is 0 Å². The van der Waals surface area contributed by atoms with E-state index in [1.807, 2.05) is 0 Å². The second-order valence-electron chi connectivity index (χ2n) is 8.72. The molecule has 0 unspecified atom stereocenters. The first kappa shape index (κ1) is 15.3. The number of fused-ring (bicyclic) bond motifs is 1. The predicted molar refractivity (Wildman–Crippen MR) is 83.8 cm³/mol. The van der Waals surface area contributed by atoms with E-state index in [2.05, 4.69) is 39.9 Å². The molecule has 3 rings (SSSR count). The highest BCUT2D eigenvalue weighted by Crippen LogP contribution is 2.68. The molecule has 0 aromatic rings. The van der Waals surface area contributed by atoms with Crippen molar-refractivity contribution in [2.24, 2.45) is 28.6 Å². The van der Waals surface area contributed by atoms with Crippen LogP contribution in [0.15, 0.2) is 0 Å². The fourth-order valence-corrected chi connectivity index (χ4v) is 5.67. The van der Waals surface area contributed by atoms with Crippen LogP contribution in [0.25, 0.3) is 0 Å². The Balaban J connectivity index is 1.85. The SMILES string of the molecule is CC(C)CC(=O)N[C@H]1C(C)(C)[C@@H]2C[C@@H]3[C@@H](C)OCC[C@@]31C2. The Labute approximate surface area is 129 Å². The van der Waals surface area contributed by atoms with E-state index in [9.17, 15) is 4.79 Å². The van der Waals surface area contributed by atoms with Crippen LogP contribution in [0.4, 0.5) is 0 Å². The number of hydrogen-bond donors (Lipinski definition) is 1. The summed E-state index contributed by atoms with van der Waals surface area (Å²) in [5, 5.41) is 3.45. The molecule has 2 bridgehead atoms. The zero-order valence-corrected chi connectivity index (χ0v) is 14.2.